The van der Waals surface area contributed by atoms with Gasteiger partial charge in [0.15, 0.2) is 0 Å². The van der Waals surface area contributed by atoms with Crippen LogP contribution in [0.15, 0.2) is 41.1 Å². The molecule has 0 radical (unpaired) electrons. The molecule has 1 amide bonds. The normalized spacial score (nSPS) is 10.1. The molecule has 4 nitrogen and oxygen atoms in total. The third-order valence-corrected chi connectivity index (χ3v) is 2.76. The Labute approximate surface area is 111 Å². The number of aromatic nitrogens is 1. The van der Waals surface area contributed by atoms with Crippen molar-refractivity contribution in [1.29, 1.82) is 0 Å². The first-order valence-corrected chi connectivity index (χ1v) is 5.74. The van der Waals surface area contributed by atoms with Crippen molar-refractivity contribution in [1.82, 2.24) is 4.98 Å². The van der Waals surface area contributed by atoms with Crippen LogP contribution in [0.25, 0.3) is 0 Å². The Morgan fingerprint density at radius 3 is 2.78 bits per heavy atom. The molecule has 0 saturated carbocycles. The number of nitrogens with two attached hydrogens (primary N) is 1. The lowest BCUT2D eigenvalue weighted by Crippen LogP contribution is -2.12. The van der Waals surface area contributed by atoms with Crippen molar-refractivity contribution in [2.75, 3.05) is 0 Å². The second kappa shape index (κ2) is 5.14. The fourth-order valence-corrected chi connectivity index (χ4v) is 1.66. The van der Waals surface area contributed by atoms with Crippen LogP contribution in [0.1, 0.15) is 10.4 Å². The molecule has 18 heavy (non-hydrogen) atoms. The van der Waals surface area contributed by atoms with Crippen LogP contribution in [0, 0.1) is 5.82 Å². The lowest BCUT2D eigenvalue weighted by Gasteiger charge is -2.08. The van der Waals surface area contributed by atoms with Crippen LogP contribution in [0.2, 0.25) is 0 Å². The number of primary amides is 1. The van der Waals surface area contributed by atoms with Crippen molar-refractivity contribution in [3.8, 4) is 11.5 Å². The van der Waals surface area contributed by atoms with E-state index >= 15 is 0 Å². The molecular weight excluding hydrogens is 303 g/mol. The topological polar surface area (TPSA) is 65.2 Å². The van der Waals surface area contributed by atoms with Gasteiger partial charge in [0, 0.05) is 24.5 Å². The lowest BCUT2D eigenvalue weighted by molar-refractivity contribution is 0.0996. The first-order valence-electron chi connectivity index (χ1n) is 4.94. The van der Waals surface area contributed by atoms with E-state index in [2.05, 4.69) is 20.9 Å². The third kappa shape index (κ3) is 2.65. The Morgan fingerprint density at radius 1 is 1.39 bits per heavy atom. The van der Waals surface area contributed by atoms with Crippen LogP contribution in [-0.4, -0.2) is 10.9 Å². The molecule has 1 aromatic carbocycles. The van der Waals surface area contributed by atoms with Crippen molar-refractivity contribution in [3.05, 3.63) is 52.5 Å². The molecule has 1 aromatic heterocycles. The minimum atomic E-state index is -0.816. The van der Waals surface area contributed by atoms with Crippen LogP contribution >= 0.6 is 15.9 Å². The van der Waals surface area contributed by atoms with E-state index in [1.54, 1.807) is 18.5 Å². The summed E-state index contributed by atoms with van der Waals surface area (Å²) < 4.78 is 19.6. The highest BCUT2D eigenvalue weighted by Crippen LogP contribution is 2.29. The molecule has 0 aliphatic rings. The van der Waals surface area contributed by atoms with Gasteiger partial charge < -0.3 is 10.5 Å². The first kappa shape index (κ1) is 12.5. The SMILES string of the molecule is NC(=O)c1ccc(Oc2ccncc2Br)cc1F. The second-order valence-corrected chi connectivity index (χ2v) is 4.27. The Morgan fingerprint density at radius 2 is 2.17 bits per heavy atom. The molecule has 2 aromatic rings. The number of hydrogen-bond acceptors (Lipinski definition) is 3. The molecule has 2 rings (SSSR count). The van der Waals surface area contributed by atoms with Gasteiger partial charge in [0.1, 0.15) is 17.3 Å². The number of ether oxygens (including phenoxy) is 1. The largest absolute Gasteiger partial charge is 0.456 e. The minimum absolute atomic E-state index is 0.170. The van der Waals surface area contributed by atoms with E-state index in [1.165, 1.54) is 12.1 Å². The molecule has 0 aliphatic heterocycles. The molecule has 1 heterocycles. The minimum Gasteiger partial charge on any atom is -0.456 e. The molecule has 0 unspecified atom stereocenters. The molecule has 2 N–H and O–H groups in total. The summed E-state index contributed by atoms with van der Waals surface area (Å²) >= 11 is 3.25. The summed E-state index contributed by atoms with van der Waals surface area (Å²) in [6.07, 6.45) is 3.11. The van der Waals surface area contributed by atoms with Gasteiger partial charge in [0.05, 0.1) is 10.0 Å². The van der Waals surface area contributed by atoms with Crippen molar-refractivity contribution in [3.63, 3.8) is 0 Å². The monoisotopic (exact) mass is 310 g/mol. The number of amides is 1. The zero-order valence-corrected chi connectivity index (χ0v) is 10.6. The molecule has 0 fully saturated rings. The fourth-order valence-electron chi connectivity index (χ4n) is 1.33. The van der Waals surface area contributed by atoms with Crippen LogP contribution < -0.4 is 10.5 Å². The molecule has 0 saturated heterocycles. The molecule has 92 valence electrons. The summed E-state index contributed by atoms with van der Waals surface area (Å²) in [6, 6.07) is 5.48. The van der Waals surface area contributed by atoms with Gasteiger partial charge in [-0.25, -0.2) is 4.39 Å². The lowest BCUT2D eigenvalue weighted by atomic mass is 10.2. The molecule has 0 aliphatic carbocycles. The van der Waals surface area contributed by atoms with E-state index in [0.29, 0.717) is 10.2 Å². The van der Waals surface area contributed by atoms with Gasteiger partial charge in [-0.15, -0.1) is 0 Å². The number of pyridine rings is 1. The summed E-state index contributed by atoms with van der Waals surface area (Å²) in [5, 5.41) is 0. The average Bonchev–Trinajstić information content (AvgIpc) is 2.32. The van der Waals surface area contributed by atoms with Gasteiger partial charge >= 0.3 is 0 Å². The maximum absolute atomic E-state index is 13.5. The smallest absolute Gasteiger partial charge is 0.251 e. The third-order valence-electron chi connectivity index (χ3n) is 2.17. The van der Waals surface area contributed by atoms with Gasteiger partial charge in [-0.1, -0.05) is 0 Å². The average molecular weight is 311 g/mol. The van der Waals surface area contributed by atoms with E-state index in [9.17, 15) is 9.18 Å². The van der Waals surface area contributed by atoms with Crippen molar-refractivity contribution < 1.29 is 13.9 Å². The maximum Gasteiger partial charge on any atom is 0.251 e. The Hall–Kier alpha value is -1.95. The Kier molecular flexibility index (Phi) is 3.57. The van der Waals surface area contributed by atoms with Crippen LogP contribution in [0.4, 0.5) is 4.39 Å². The predicted molar refractivity (Wildman–Crippen MR) is 66.9 cm³/mol. The molecule has 6 heteroatoms. The van der Waals surface area contributed by atoms with Crippen LogP contribution in [0.3, 0.4) is 0 Å². The number of rotatable bonds is 3. The number of carbonyl (C=O) groups excluding carboxylic acids is 1. The second-order valence-electron chi connectivity index (χ2n) is 3.41. The van der Waals surface area contributed by atoms with Gasteiger partial charge in [0.25, 0.3) is 5.91 Å². The number of halogens is 2. The molecular formula is C12H8BrFN2O2. The number of carbonyl (C=O) groups is 1. The van der Waals surface area contributed by atoms with Gasteiger partial charge in [0.2, 0.25) is 0 Å². The van der Waals surface area contributed by atoms with Crippen molar-refractivity contribution >= 4 is 21.8 Å². The zero-order chi connectivity index (χ0) is 13.1. The summed E-state index contributed by atoms with van der Waals surface area (Å²) in [6.45, 7) is 0. The van der Waals surface area contributed by atoms with Crippen molar-refractivity contribution in [2.24, 2.45) is 5.73 Å². The maximum atomic E-state index is 13.5. The van der Waals surface area contributed by atoms with E-state index in [0.717, 1.165) is 6.07 Å². The highest BCUT2D eigenvalue weighted by molar-refractivity contribution is 9.10. The van der Waals surface area contributed by atoms with Gasteiger partial charge in [-0.3, -0.25) is 9.78 Å². The quantitative estimate of drug-likeness (QED) is 0.948. The number of hydrogen-bond donors (Lipinski definition) is 1. The number of benzene rings is 1. The summed E-state index contributed by atoms with van der Waals surface area (Å²) in [7, 11) is 0. The molecule has 0 atom stereocenters. The Balaban J connectivity index is 2.29. The van der Waals surface area contributed by atoms with Gasteiger partial charge in [-0.2, -0.15) is 0 Å². The zero-order valence-electron chi connectivity index (χ0n) is 9.06. The first-order chi connectivity index (χ1) is 8.58. The van der Waals surface area contributed by atoms with Crippen molar-refractivity contribution in [2.45, 2.75) is 0 Å². The summed E-state index contributed by atoms with van der Waals surface area (Å²) in [5.74, 6) is -0.769. The van der Waals surface area contributed by atoms with E-state index in [4.69, 9.17) is 10.5 Å². The summed E-state index contributed by atoms with van der Waals surface area (Å²) in [4.78, 5) is 14.8. The molecule has 0 spiro atoms. The van der Waals surface area contributed by atoms with E-state index in [-0.39, 0.29) is 11.3 Å². The highest BCUT2D eigenvalue weighted by Gasteiger charge is 2.10. The standard InChI is InChI=1S/C12H8BrFN2O2/c13-9-6-16-4-3-11(9)18-7-1-2-8(12(15)17)10(14)5-7/h1-6H,(H2,15,17). The van der Waals surface area contributed by atoms with Crippen LogP contribution in [0.5, 0.6) is 11.5 Å². The highest BCUT2D eigenvalue weighted by atomic mass is 79.9. The van der Waals surface area contributed by atoms with E-state index in [1.807, 2.05) is 0 Å². The Bertz CT molecular complexity index is 604. The predicted octanol–water partition coefficient (Wildman–Crippen LogP) is 2.87. The van der Waals surface area contributed by atoms with Gasteiger partial charge in [-0.05, 0) is 28.1 Å². The van der Waals surface area contributed by atoms with E-state index < -0.39 is 11.7 Å². The summed E-state index contributed by atoms with van der Waals surface area (Å²) in [5.41, 5.74) is 4.84. The number of nitrogens with zero attached hydrogens (tertiary/aromatic N) is 1. The van der Waals surface area contributed by atoms with Crippen LogP contribution in [-0.2, 0) is 0 Å². The molecule has 0 bridgehead atoms. The fraction of sp³-hybridized carbons (Fsp3) is 0.